The molecule has 1 amide bonds. The lowest BCUT2D eigenvalue weighted by Gasteiger charge is -2.28. The molecule has 0 saturated carbocycles. The Balaban J connectivity index is 2.37. The summed E-state index contributed by atoms with van der Waals surface area (Å²) in [7, 11) is 0. The van der Waals surface area contributed by atoms with Gasteiger partial charge in [-0.1, -0.05) is 6.92 Å². The lowest BCUT2D eigenvalue weighted by Crippen LogP contribution is -2.38. The summed E-state index contributed by atoms with van der Waals surface area (Å²) < 4.78 is 5.36. The quantitative estimate of drug-likeness (QED) is 0.768. The maximum Gasteiger partial charge on any atom is 0.265 e. The standard InChI is InChI=1S/C14H17NO3/c1-3-5-12(16)10-6-7-13-11(8-10)15(4-2)14(17)9-18-13/h6-8H,3-5,9H2,1-2H3. The van der Waals surface area contributed by atoms with Gasteiger partial charge in [-0.05, 0) is 31.5 Å². The third-order valence-electron chi connectivity index (χ3n) is 3.02. The Morgan fingerprint density at radius 1 is 1.39 bits per heavy atom. The van der Waals surface area contributed by atoms with Gasteiger partial charge in [0.25, 0.3) is 5.91 Å². The summed E-state index contributed by atoms with van der Waals surface area (Å²) in [5, 5.41) is 0. The Bertz CT molecular complexity index is 482. The summed E-state index contributed by atoms with van der Waals surface area (Å²) in [4.78, 5) is 25.2. The van der Waals surface area contributed by atoms with E-state index in [0.717, 1.165) is 6.42 Å². The number of Topliss-reactive ketones (excluding diaryl/α,β-unsaturated/α-hetero) is 1. The first-order chi connectivity index (χ1) is 8.67. The first kappa shape index (κ1) is 12.6. The number of ether oxygens (including phenoxy) is 1. The molecule has 2 rings (SSSR count). The highest BCUT2D eigenvalue weighted by atomic mass is 16.5. The molecular weight excluding hydrogens is 230 g/mol. The van der Waals surface area contributed by atoms with Gasteiger partial charge in [0, 0.05) is 18.5 Å². The van der Waals surface area contributed by atoms with Crippen LogP contribution >= 0.6 is 0 Å². The molecule has 96 valence electrons. The zero-order valence-corrected chi connectivity index (χ0v) is 10.7. The monoisotopic (exact) mass is 247 g/mol. The number of benzene rings is 1. The minimum absolute atomic E-state index is 0.0647. The van der Waals surface area contributed by atoms with Crippen LogP contribution in [0.15, 0.2) is 18.2 Å². The maximum atomic E-state index is 11.9. The topological polar surface area (TPSA) is 46.6 Å². The largest absolute Gasteiger partial charge is 0.482 e. The zero-order chi connectivity index (χ0) is 13.1. The van der Waals surface area contributed by atoms with E-state index < -0.39 is 0 Å². The maximum absolute atomic E-state index is 11.9. The first-order valence-electron chi connectivity index (χ1n) is 6.27. The second-order valence-corrected chi connectivity index (χ2v) is 4.28. The lowest BCUT2D eigenvalue weighted by atomic mass is 10.0. The van der Waals surface area contributed by atoms with Crippen molar-refractivity contribution in [2.24, 2.45) is 0 Å². The molecule has 4 heteroatoms. The highest BCUT2D eigenvalue weighted by Crippen LogP contribution is 2.33. The van der Waals surface area contributed by atoms with Crippen molar-refractivity contribution < 1.29 is 14.3 Å². The fourth-order valence-electron chi connectivity index (χ4n) is 2.09. The van der Waals surface area contributed by atoms with Gasteiger partial charge >= 0.3 is 0 Å². The second-order valence-electron chi connectivity index (χ2n) is 4.28. The number of anilines is 1. The summed E-state index contributed by atoms with van der Waals surface area (Å²) in [5.41, 5.74) is 1.35. The van der Waals surface area contributed by atoms with Crippen LogP contribution in [0.25, 0.3) is 0 Å². The average molecular weight is 247 g/mol. The van der Waals surface area contributed by atoms with Crippen LogP contribution in [0.2, 0.25) is 0 Å². The highest BCUT2D eigenvalue weighted by molar-refractivity contribution is 6.01. The van der Waals surface area contributed by atoms with Crippen molar-refractivity contribution >= 4 is 17.4 Å². The predicted octanol–water partition coefficient (Wildman–Crippen LogP) is 2.41. The number of rotatable bonds is 4. The van der Waals surface area contributed by atoms with Gasteiger partial charge in [0.2, 0.25) is 0 Å². The van der Waals surface area contributed by atoms with E-state index in [2.05, 4.69) is 0 Å². The van der Waals surface area contributed by atoms with Crippen LogP contribution in [0.4, 0.5) is 5.69 Å². The van der Waals surface area contributed by atoms with Crippen molar-refractivity contribution in [1.82, 2.24) is 0 Å². The van der Waals surface area contributed by atoms with E-state index >= 15 is 0 Å². The number of nitrogens with zero attached hydrogens (tertiary/aromatic N) is 1. The molecule has 0 bridgehead atoms. The van der Waals surface area contributed by atoms with Crippen LogP contribution in [0, 0.1) is 0 Å². The number of amides is 1. The zero-order valence-electron chi connectivity index (χ0n) is 10.7. The Hall–Kier alpha value is -1.84. The van der Waals surface area contributed by atoms with E-state index in [1.165, 1.54) is 0 Å². The lowest BCUT2D eigenvalue weighted by molar-refractivity contribution is -0.121. The van der Waals surface area contributed by atoms with Crippen LogP contribution in [0.1, 0.15) is 37.0 Å². The Morgan fingerprint density at radius 3 is 2.83 bits per heavy atom. The van der Waals surface area contributed by atoms with Crippen LogP contribution in [0.3, 0.4) is 0 Å². The van der Waals surface area contributed by atoms with Gasteiger partial charge in [0.1, 0.15) is 5.75 Å². The molecule has 0 aromatic heterocycles. The van der Waals surface area contributed by atoms with Gasteiger partial charge in [-0.3, -0.25) is 9.59 Å². The number of hydrogen-bond donors (Lipinski definition) is 0. The number of ketones is 1. The molecule has 0 saturated heterocycles. The van der Waals surface area contributed by atoms with Gasteiger partial charge in [0.15, 0.2) is 12.4 Å². The van der Waals surface area contributed by atoms with E-state index in [0.29, 0.717) is 30.0 Å². The molecule has 1 aromatic carbocycles. The van der Waals surface area contributed by atoms with E-state index in [1.54, 1.807) is 23.1 Å². The van der Waals surface area contributed by atoms with Crippen molar-refractivity contribution in [3.8, 4) is 5.75 Å². The minimum Gasteiger partial charge on any atom is -0.482 e. The number of likely N-dealkylation sites (N-methyl/N-ethyl adjacent to an activating group) is 1. The molecule has 0 atom stereocenters. The SMILES string of the molecule is CCCC(=O)c1ccc2c(c1)N(CC)C(=O)CO2. The molecule has 0 aliphatic carbocycles. The number of hydrogen-bond acceptors (Lipinski definition) is 3. The normalized spacial score (nSPS) is 14.1. The molecule has 0 N–H and O–H groups in total. The van der Waals surface area contributed by atoms with Crippen molar-refractivity contribution in [3.05, 3.63) is 23.8 Å². The van der Waals surface area contributed by atoms with E-state index in [9.17, 15) is 9.59 Å². The molecule has 1 heterocycles. The number of fused-ring (bicyclic) bond motifs is 1. The second kappa shape index (κ2) is 5.21. The third-order valence-corrected chi connectivity index (χ3v) is 3.02. The summed E-state index contributed by atoms with van der Waals surface area (Å²) in [5.74, 6) is 0.712. The summed E-state index contributed by atoms with van der Waals surface area (Å²) in [6.45, 7) is 4.54. The fraction of sp³-hybridized carbons (Fsp3) is 0.429. The Kier molecular flexibility index (Phi) is 3.65. The van der Waals surface area contributed by atoms with E-state index in [-0.39, 0.29) is 18.3 Å². The third kappa shape index (κ3) is 2.23. The molecule has 0 unspecified atom stereocenters. The Labute approximate surface area is 107 Å². The summed E-state index contributed by atoms with van der Waals surface area (Å²) in [6, 6.07) is 5.29. The smallest absolute Gasteiger partial charge is 0.265 e. The molecule has 0 radical (unpaired) electrons. The Morgan fingerprint density at radius 2 is 2.17 bits per heavy atom. The first-order valence-corrected chi connectivity index (χ1v) is 6.27. The van der Waals surface area contributed by atoms with Gasteiger partial charge in [0.05, 0.1) is 5.69 Å². The summed E-state index contributed by atoms with van der Waals surface area (Å²) in [6.07, 6.45) is 1.35. The van der Waals surface area contributed by atoms with Crippen molar-refractivity contribution in [2.45, 2.75) is 26.7 Å². The minimum atomic E-state index is -0.0647. The molecule has 0 fully saturated rings. The average Bonchev–Trinajstić information content (AvgIpc) is 2.38. The molecule has 1 aliphatic heterocycles. The van der Waals surface area contributed by atoms with Crippen LogP contribution < -0.4 is 9.64 Å². The van der Waals surface area contributed by atoms with Gasteiger partial charge < -0.3 is 9.64 Å². The van der Waals surface area contributed by atoms with Crippen LogP contribution in [-0.2, 0) is 4.79 Å². The van der Waals surface area contributed by atoms with Crippen molar-refractivity contribution in [2.75, 3.05) is 18.1 Å². The molecule has 18 heavy (non-hydrogen) atoms. The molecular formula is C14H17NO3. The van der Waals surface area contributed by atoms with Gasteiger partial charge in [-0.25, -0.2) is 0 Å². The van der Waals surface area contributed by atoms with Crippen molar-refractivity contribution in [3.63, 3.8) is 0 Å². The van der Waals surface area contributed by atoms with Crippen molar-refractivity contribution in [1.29, 1.82) is 0 Å². The molecule has 0 spiro atoms. The van der Waals surface area contributed by atoms with E-state index in [1.807, 2.05) is 13.8 Å². The van der Waals surface area contributed by atoms with E-state index in [4.69, 9.17) is 4.74 Å². The number of carbonyl (C=O) groups is 2. The summed E-state index contributed by atoms with van der Waals surface area (Å²) >= 11 is 0. The molecule has 1 aliphatic rings. The number of carbonyl (C=O) groups excluding carboxylic acids is 2. The molecule has 4 nitrogen and oxygen atoms in total. The van der Waals surface area contributed by atoms with Crippen LogP contribution in [0.5, 0.6) is 5.75 Å². The fourth-order valence-corrected chi connectivity index (χ4v) is 2.09. The van der Waals surface area contributed by atoms with Gasteiger partial charge in [-0.2, -0.15) is 0 Å². The van der Waals surface area contributed by atoms with Crippen LogP contribution in [-0.4, -0.2) is 24.8 Å². The predicted molar refractivity (Wildman–Crippen MR) is 69.2 cm³/mol. The molecule has 1 aromatic rings. The highest BCUT2D eigenvalue weighted by Gasteiger charge is 2.24. The van der Waals surface area contributed by atoms with Gasteiger partial charge in [-0.15, -0.1) is 0 Å².